The Kier molecular flexibility index (Phi) is 1.28. The van der Waals surface area contributed by atoms with Gasteiger partial charge in [-0.2, -0.15) is 0 Å². The molecule has 0 aromatic heterocycles. The summed E-state index contributed by atoms with van der Waals surface area (Å²) in [6.45, 7) is 0. The van der Waals surface area contributed by atoms with Gasteiger partial charge in [0.05, 0.1) is 6.42 Å². The van der Waals surface area contributed by atoms with Gasteiger partial charge in [-0.3, -0.25) is 4.79 Å². The second-order valence-corrected chi connectivity index (χ2v) is 2.26. The van der Waals surface area contributed by atoms with Crippen LogP contribution in [-0.4, -0.2) is 24.0 Å². The fourth-order valence-corrected chi connectivity index (χ4v) is 0.814. The van der Waals surface area contributed by atoms with Gasteiger partial charge in [-0.05, 0) is 0 Å². The third-order valence-corrected chi connectivity index (χ3v) is 1.44. The lowest BCUT2D eigenvalue weighted by atomic mass is 9.77. The molecule has 1 aliphatic rings. The van der Waals surface area contributed by atoms with Crippen molar-refractivity contribution < 1.29 is 22.4 Å². The molecule has 57 valence electrons. The number of hydrogen-bond donors (Lipinski definition) is 0. The van der Waals surface area contributed by atoms with Gasteiger partial charge in [-0.15, -0.1) is 0 Å². The minimum absolute atomic E-state index is 0.612. The van der Waals surface area contributed by atoms with Crippen molar-refractivity contribution in [1.82, 2.24) is 0 Å². The van der Waals surface area contributed by atoms with E-state index in [0.29, 0.717) is 6.29 Å². The molecular weight excluding hydrogens is 152 g/mol. The first-order valence-electron chi connectivity index (χ1n) is 2.52. The number of carbonyl (C=O) groups excluding carboxylic acids is 1. The van der Waals surface area contributed by atoms with Crippen molar-refractivity contribution in [3.8, 4) is 0 Å². The normalized spacial score (nSPS) is 44.2. The predicted octanol–water partition coefficient (Wildman–Crippen LogP) is 1.18. The fraction of sp³-hybridized carbons (Fsp3) is 0.800. The molecule has 5 heteroatoms. The first-order chi connectivity index (χ1) is 4.42. The van der Waals surface area contributed by atoms with Crippen molar-refractivity contribution in [3.05, 3.63) is 0 Å². The van der Waals surface area contributed by atoms with Crippen LogP contribution in [0.25, 0.3) is 0 Å². The molecule has 1 rings (SSSR count). The molecule has 0 amide bonds. The van der Waals surface area contributed by atoms with Crippen molar-refractivity contribution in [2.75, 3.05) is 0 Å². The van der Waals surface area contributed by atoms with Gasteiger partial charge in [0.25, 0.3) is 5.92 Å². The molecule has 0 saturated heterocycles. The quantitative estimate of drug-likeness (QED) is 0.519. The zero-order valence-electron chi connectivity index (χ0n) is 4.70. The fourth-order valence-electron chi connectivity index (χ4n) is 0.814. The molecule has 10 heavy (non-hydrogen) atoms. The van der Waals surface area contributed by atoms with E-state index in [2.05, 4.69) is 0 Å². The lowest BCUT2D eigenvalue weighted by molar-refractivity contribution is -0.209. The molecule has 0 aromatic carbocycles. The maximum atomic E-state index is 12.2. The number of hydrogen-bond acceptors (Lipinski definition) is 1. The SMILES string of the molecule is O=[C]C1(F)CC(F)(F)C1F. The summed E-state index contributed by atoms with van der Waals surface area (Å²) in [5, 5.41) is 0. The summed E-state index contributed by atoms with van der Waals surface area (Å²) < 4.78 is 47.8. The standard InChI is InChI=1S/C5H3F4O/c6-3-4(7,2-10)1-5(3,8)9/h3H,1H2. The average molecular weight is 155 g/mol. The Morgan fingerprint density at radius 1 is 1.40 bits per heavy atom. The zero-order valence-corrected chi connectivity index (χ0v) is 4.70. The van der Waals surface area contributed by atoms with E-state index in [-0.39, 0.29) is 0 Å². The molecule has 0 spiro atoms. The Morgan fingerprint density at radius 3 is 2.00 bits per heavy atom. The van der Waals surface area contributed by atoms with Gasteiger partial charge in [-0.1, -0.05) is 0 Å². The van der Waals surface area contributed by atoms with E-state index in [1.807, 2.05) is 0 Å². The van der Waals surface area contributed by atoms with Crippen LogP contribution in [0.5, 0.6) is 0 Å². The van der Waals surface area contributed by atoms with Crippen LogP contribution in [0.4, 0.5) is 17.6 Å². The van der Waals surface area contributed by atoms with E-state index >= 15 is 0 Å². The van der Waals surface area contributed by atoms with Gasteiger partial charge in [0, 0.05) is 0 Å². The molecule has 1 aliphatic carbocycles. The smallest absolute Gasteiger partial charge is 0.286 e. The molecule has 0 N–H and O–H groups in total. The van der Waals surface area contributed by atoms with Crippen LogP contribution in [0.15, 0.2) is 0 Å². The molecule has 0 aromatic rings. The molecule has 0 aliphatic heterocycles. The number of rotatable bonds is 1. The lowest BCUT2D eigenvalue weighted by Crippen LogP contribution is -2.62. The van der Waals surface area contributed by atoms with Crippen LogP contribution in [0.1, 0.15) is 6.42 Å². The van der Waals surface area contributed by atoms with E-state index in [4.69, 9.17) is 0 Å². The van der Waals surface area contributed by atoms with Crippen LogP contribution >= 0.6 is 0 Å². The predicted molar refractivity (Wildman–Crippen MR) is 24.0 cm³/mol. The summed E-state index contributed by atoms with van der Waals surface area (Å²) in [6.07, 6.45) is -3.79. The minimum atomic E-state index is -3.69. The molecule has 1 nitrogen and oxygen atoms in total. The minimum Gasteiger partial charge on any atom is -0.287 e. The molecular formula is C5H3F4O. The van der Waals surface area contributed by atoms with Crippen molar-refractivity contribution >= 4 is 6.29 Å². The van der Waals surface area contributed by atoms with E-state index in [1.165, 1.54) is 0 Å². The Hall–Kier alpha value is -0.610. The third-order valence-electron chi connectivity index (χ3n) is 1.44. The molecule has 0 bridgehead atoms. The van der Waals surface area contributed by atoms with Crippen LogP contribution < -0.4 is 0 Å². The molecule has 0 heterocycles. The number of halogens is 4. The van der Waals surface area contributed by atoms with Crippen LogP contribution in [-0.2, 0) is 4.79 Å². The third kappa shape index (κ3) is 0.726. The molecule has 1 fully saturated rings. The van der Waals surface area contributed by atoms with Crippen LogP contribution in [0.2, 0.25) is 0 Å². The van der Waals surface area contributed by atoms with Crippen LogP contribution in [0, 0.1) is 0 Å². The first-order valence-corrected chi connectivity index (χ1v) is 2.52. The molecule has 2 unspecified atom stereocenters. The van der Waals surface area contributed by atoms with Gasteiger partial charge in [-0.25, -0.2) is 17.6 Å². The first kappa shape index (κ1) is 7.50. The molecule has 2 atom stereocenters. The summed E-state index contributed by atoms with van der Waals surface area (Å²) in [6, 6.07) is 0. The second kappa shape index (κ2) is 1.71. The monoisotopic (exact) mass is 155 g/mol. The molecule has 1 saturated carbocycles. The Bertz CT molecular complexity index is 169. The highest BCUT2D eigenvalue weighted by Gasteiger charge is 2.69. The Labute approximate surface area is 54.0 Å². The van der Waals surface area contributed by atoms with Gasteiger partial charge >= 0.3 is 0 Å². The highest BCUT2D eigenvalue weighted by Crippen LogP contribution is 2.49. The lowest BCUT2D eigenvalue weighted by Gasteiger charge is -2.39. The zero-order chi connectivity index (χ0) is 7.99. The summed E-state index contributed by atoms with van der Waals surface area (Å²) >= 11 is 0. The van der Waals surface area contributed by atoms with Gasteiger partial charge in [0.15, 0.2) is 0 Å². The summed E-state index contributed by atoms with van der Waals surface area (Å²) in [5.74, 6) is -3.69. The van der Waals surface area contributed by atoms with Gasteiger partial charge in [0.2, 0.25) is 18.1 Å². The van der Waals surface area contributed by atoms with Gasteiger partial charge < -0.3 is 0 Å². The summed E-state index contributed by atoms with van der Waals surface area (Å²) in [4.78, 5) is 9.53. The topological polar surface area (TPSA) is 17.1 Å². The van der Waals surface area contributed by atoms with Gasteiger partial charge in [0.1, 0.15) is 0 Å². The van der Waals surface area contributed by atoms with E-state index in [9.17, 15) is 22.4 Å². The average Bonchev–Trinajstić information content (AvgIpc) is 1.86. The van der Waals surface area contributed by atoms with E-state index in [1.54, 1.807) is 0 Å². The van der Waals surface area contributed by atoms with Crippen molar-refractivity contribution in [2.45, 2.75) is 24.2 Å². The maximum absolute atomic E-state index is 12.2. The van der Waals surface area contributed by atoms with Crippen LogP contribution in [0.3, 0.4) is 0 Å². The summed E-state index contributed by atoms with van der Waals surface area (Å²) in [7, 11) is 0. The highest BCUT2D eigenvalue weighted by molar-refractivity contribution is 5.67. The maximum Gasteiger partial charge on any atom is 0.286 e. The van der Waals surface area contributed by atoms with Crippen molar-refractivity contribution in [1.29, 1.82) is 0 Å². The highest BCUT2D eigenvalue weighted by atomic mass is 19.3. The van der Waals surface area contributed by atoms with Crippen molar-refractivity contribution in [3.63, 3.8) is 0 Å². The Balaban J connectivity index is 2.70. The molecule has 1 radical (unpaired) electrons. The largest absolute Gasteiger partial charge is 0.287 e. The summed E-state index contributed by atoms with van der Waals surface area (Å²) in [5.41, 5.74) is -3.07. The van der Waals surface area contributed by atoms with E-state index in [0.717, 1.165) is 0 Å². The Morgan fingerprint density at radius 2 is 1.90 bits per heavy atom. The number of alkyl halides is 4. The van der Waals surface area contributed by atoms with Crippen molar-refractivity contribution in [2.24, 2.45) is 0 Å². The van der Waals surface area contributed by atoms with E-state index < -0.39 is 24.2 Å². The second-order valence-electron chi connectivity index (χ2n) is 2.26.